The number of aryl methyl sites for hydroxylation is 9. The van der Waals surface area contributed by atoms with Crippen LogP contribution in [0.3, 0.4) is 0 Å². The molecule has 3 aromatic carbocycles. The molecule has 0 saturated heterocycles. The predicted octanol–water partition coefficient (Wildman–Crippen LogP) is 12.9. The zero-order valence-corrected chi connectivity index (χ0v) is 38.8. The van der Waals surface area contributed by atoms with E-state index in [9.17, 15) is 0 Å². The van der Waals surface area contributed by atoms with Gasteiger partial charge < -0.3 is 0 Å². The van der Waals surface area contributed by atoms with E-state index in [4.69, 9.17) is 19.7 Å². The molecule has 0 heterocycles. The molecule has 0 amide bonds. The molecular weight excluding hydrogens is 811 g/mol. The molecule has 0 aliphatic carbocycles. The minimum Gasteiger partial charge on any atom is -0.238 e. The average molecular weight is 875 g/mol. The van der Waals surface area contributed by atoms with Crippen molar-refractivity contribution in [2.24, 2.45) is 5.41 Å². The van der Waals surface area contributed by atoms with Gasteiger partial charge in [-0.25, -0.2) is 14.5 Å². The van der Waals surface area contributed by atoms with Gasteiger partial charge in [-0.1, -0.05) is 53.1 Å². The molecule has 260 valence electrons. The van der Waals surface area contributed by atoms with Crippen LogP contribution in [0, 0.1) is 87.4 Å². The Bertz CT molecular complexity index is 1330. The largest absolute Gasteiger partial charge is 0.238 e. The van der Waals surface area contributed by atoms with E-state index < -0.39 is 0 Å². The fourth-order valence-corrected chi connectivity index (χ4v) is 13.4. The molecule has 0 saturated carbocycles. The van der Waals surface area contributed by atoms with Gasteiger partial charge in [-0.3, -0.25) is 0 Å². The maximum atomic E-state index is 6.92. The molecular formula is C41H63N3P3W+3. The average Bonchev–Trinajstić information content (AvgIpc) is 2.87. The van der Waals surface area contributed by atoms with Crippen molar-refractivity contribution in [3.05, 3.63) is 121 Å². The second-order valence-electron chi connectivity index (χ2n) is 14.5. The molecule has 3 nitrogen and oxygen atoms in total. The van der Waals surface area contributed by atoms with E-state index in [1.54, 1.807) is 0 Å². The Balaban J connectivity index is 0. The zero-order valence-electron chi connectivity index (χ0n) is 32.8. The molecule has 0 bridgehead atoms. The standard InChI is InChI=1S/C11H27P3.3C10H11N.W/c1-11(8-12(2)3,9-13(4)5)10-14(6)7;3*1-7-5-8(2)10(11-4)9(3)6-7;/h8-10H2,1-7H3;3*5-6H,1-3H3;/p+3. The van der Waals surface area contributed by atoms with E-state index in [-0.39, 0.29) is 44.8 Å². The number of rotatable bonds is 6. The maximum Gasteiger partial charge on any atom is 0.193 e. The number of benzene rings is 3. The molecule has 0 aromatic heterocycles. The molecule has 0 fully saturated rings. The second kappa shape index (κ2) is 23.5. The monoisotopic (exact) mass is 874 g/mol. The summed E-state index contributed by atoms with van der Waals surface area (Å²) in [7, 11) is -0.147. The van der Waals surface area contributed by atoms with Gasteiger partial charge in [-0.05, 0) is 126 Å². The van der Waals surface area contributed by atoms with Crippen molar-refractivity contribution in [3.8, 4) is 0 Å². The van der Waals surface area contributed by atoms with Crippen LogP contribution in [0.1, 0.15) is 57.0 Å². The van der Waals surface area contributed by atoms with Gasteiger partial charge in [0.25, 0.3) is 0 Å². The molecule has 3 aromatic rings. The van der Waals surface area contributed by atoms with Crippen LogP contribution < -0.4 is 0 Å². The van der Waals surface area contributed by atoms with Gasteiger partial charge in [0.05, 0.1) is 43.6 Å². The van der Waals surface area contributed by atoms with E-state index in [1.165, 1.54) is 35.2 Å². The van der Waals surface area contributed by atoms with Gasteiger partial charge in [0.2, 0.25) is 0 Å². The summed E-state index contributed by atoms with van der Waals surface area (Å²) in [5, 5.41) is 0. The molecule has 0 N–H and O–H groups in total. The third kappa shape index (κ3) is 18.2. The third-order valence-corrected chi connectivity index (χ3v) is 12.3. The molecule has 0 radical (unpaired) electrons. The molecule has 0 spiro atoms. The van der Waals surface area contributed by atoms with Crippen molar-refractivity contribution in [3.63, 3.8) is 0 Å². The number of hydrogen-bond acceptors (Lipinski definition) is 0. The van der Waals surface area contributed by atoms with E-state index in [0.717, 1.165) is 50.4 Å². The summed E-state index contributed by atoms with van der Waals surface area (Å²) in [6.45, 7) is 56.2. The van der Waals surface area contributed by atoms with Gasteiger partial charge >= 0.3 is 0 Å². The van der Waals surface area contributed by atoms with Crippen molar-refractivity contribution < 1.29 is 21.1 Å². The Hall–Kier alpha value is -1.89. The van der Waals surface area contributed by atoms with Crippen LogP contribution in [-0.4, -0.2) is 58.5 Å². The fourth-order valence-electron chi connectivity index (χ4n) is 6.79. The first-order valence-corrected chi connectivity index (χ1v) is 24.5. The van der Waals surface area contributed by atoms with Crippen molar-refractivity contribution >= 4 is 40.8 Å². The first kappa shape index (κ1) is 48.2. The molecule has 0 aliphatic heterocycles. The smallest absolute Gasteiger partial charge is 0.193 e. The molecule has 0 atom stereocenters. The van der Waals surface area contributed by atoms with Crippen LogP contribution in [0.4, 0.5) is 17.1 Å². The van der Waals surface area contributed by atoms with Crippen molar-refractivity contribution in [1.29, 1.82) is 0 Å². The number of hydrogen-bond donors (Lipinski definition) is 0. The van der Waals surface area contributed by atoms with E-state index >= 15 is 0 Å². The quantitative estimate of drug-likeness (QED) is 0.173. The van der Waals surface area contributed by atoms with Crippen LogP contribution in [0.25, 0.3) is 14.5 Å². The second-order valence-corrected chi connectivity index (χ2v) is 22.8. The van der Waals surface area contributed by atoms with Crippen LogP contribution in [0.2, 0.25) is 0 Å². The minimum atomic E-state index is -0.0489. The zero-order chi connectivity index (χ0) is 36.6. The minimum absolute atomic E-state index is 0. The van der Waals surface area contributed by atoms with Gasteiger partial charge in [0.1, 0.15) is 0 Å². The topological polar surface area (TPSA) is 13.1 Å². The van der Waals surface area contributed by atoms with Gasteiger partial charge in [0.15, 0.2) is 17.1 Å². The van der Waals surface area contributed by atoms with Crippen molar-refractivity contribution in [1.82, 2.24) is 0 Å². The van der Waals surface area contributed by atoms with Gasteiger partial charge in [-0.15, -0.1) is 0 Å². The van der Waals surface area contributed by atoms with Crippen LogP contribution >= 0.6 is 23.8 Å². The Labute approximate surface area is 314 Å². The van der Waals surface area contributed by atoms with Gasteiger partial charge in [0, 0.05) is 61.1 Å². The van der Waals surface area contributed by atoms with E-state index in [1.807, 2.05) is 98.7 Å². The molecule has 0 aliphatic rings. The summed E-state index contributed by atoms with van der Waals surface area (Å²) in [6, 6.07) is 12.3. The van der Waals surface area contributed by atoms with E-state index in [0.29, 0.717) is 5.41 Å². The summed E-state index contributed by atoms with van der Waals surface area (Å²) in [5.74, 6) is 0. The van der Waals surface area contributed by atoms with E-state index in [2.05, 4.69) is 61.4 Å². The molecule has 7 heteroatoms. The summed E-state index contributed by atoms with van der Waals surface area (Å²) in [5.41, 5.74) is 13.3. The molecule has 48 heavy (non-hydrogen) atoms. The Kier molecular flexibility index (Phi) is 23.6. The predicted molar refractivity (Wildman–Crippen MR) is 224 cm³/mol. The van der Waals surface area contributed by atoms with Crippen LogP contribution in [0.15, 0.2) is 36.4 Å². The van der Waals surface area contributed by atoms with Crippen LogP contribution in [0.5, 0.6) is 0 Å². The van der Waals surface area contributed by atoms with Gasteiger partial charge in [-0.2, -0.15) is 0 Å². The van der Waals surface area contributed by atoms with Crippen molar-refractivity contribution in [2.45, 2.75) is 69.2 Å². The summed E-state index contributed by atoms with van der Waals surface area (Å²) < 4.78 is 0. The maximum absolute atomic E-state index is 6.92. The third-order valence-electron chi connectivity index (χ3n) is 7.58. The normalized spacial score (nSPS) is 10.2. The molecule has 3 rings (SSSR count). The van der Waals surface area contributed by atoms with Crippen molar-refractivity contribution in [2.75, 3.05) is 58.5 Å². The summed E-state index contributed by atoms with van der Waals surface area (Å²) in [6.07, 6.45) is 4.59. The first-order chi connectivity index (χ1) is 21.7. The Morgan fingerprint density at radius 2 is 0.604 bits per heavy atom. The first-order valence-electron chi connectivity index (χ1n) is 16.4. The van der Waals surface area contributed by atoms with Crippen LogP contribution in [-0.2, 0) is 21.1 Å². The fraction of sp³-hybridized carbons (Fsp3) is 0.488. The molecule has 0 unspecified atom stereocenters. The Morgan fingerprint density at radius 1 is 0.438 bits per heavy atom. The summed E-state index contributed by atoms with van der Waals surface area (Å²) in [4.78, 5) is 10.4. The summed E-state index contributed by atoms with van der Waals surface area (Å²) >= 11 is 0. The number of nitrogens with zero attached hydrogens (tertiary/aromatic N) is 3. The SMILES string of the molecule is C[PH+](C)CC(C)(C[PH+](C)C)C[PH+](C)C.[C-]#[N+]c1c(C)cc(C)cc1C.[C-]#[N+]c1c(C)cc(C)cc1C.[C-]#[N+]c1c(C)cc(C)cc1C.[W]. The Morgan fingerprint density at radius 3 is 0.729 bits per heavy atom.